The molecule has 0 fully saturated rings. The van der Waals surface area contributed by atoms with Crippen LogP contribution >= 0.6 is 0 Å². The molecule has 0 spiro atoms. The number of nitrogens with one attached hydrogen (secondary N) is 2. The van der Waals surface area contributed by atoms with Crippen LogP contribution in [0.15, 0.2) is 30.3 Å². The summed E-state index contributed by atoms with van der Waals surface area (Å²) in [4.78, 5) is 11.9. The molecule has 0 saturated carbocycles. The third-order valence-corrected chi connectivity index (χ3v) is 2.74. The lowest BCUT2D eigenvalue weighted by Gasteiger charge is -2.02. The van der Waals surface area contributed by atoms with E-state index in [1.54, 1.807) is 10.7 Å². The molecule has 0 radical (unpaired) electrons. The Hall–Kier alpha value is -2.37. The van der Waals surface area contributed by atoms with Crippen LogP contribution in [0.2, 0.25) is 0 Å². The van der Waals surface area contributed by atoms with Gasteiger partial charge in [-0.3, -0.25) is 4.79 Å². The Morgan fingerprint density at radius 2 is 2.17 bits per heavy atom. The maximum absolute atomic E-state index is 12.7. The lowest BCUT2D eigenvalue weighted by molar-refractivity contribution is 0.102. The zero-order valence-electron chi connectivity index (χ0n) is 9.48. The van der Waals surface area contributed by atoms with Crippen molar-refractivity contribution in [2.75, 3.05) is 17.2 Å². The normalized spacial score (nSPS) is 12.9. The summed E-state index contributed by atoms with van der Waals surface area (Å²) in [6, 6.07) is 7.31. The Balaban J connectivity index is 1.76. The van der Waals surface area contributed by atoms with Crippen molar-refractivity contribution in [3.05, 3.63) is 41.8 Å². The molecule has 0 atom stereocenters. The van der Waals surface area contributed by atoms with E-state index < -0.39 is 0 Å². The number of amides is 1. The molecule has 3 rings (SSSR count). The molecular formula is C12H11FN4O. The second-order valence-corrected chi connectivity index (χ2v) is 4.03. The highest BCUT2D eigenvalue weighted by Crippen LogP contribution is 2.16. The largest absolute Gasteiger partial charge is 0.368 e. The first-order chi connectivity index (χ1) is 8.72. The second kappa shape index (κ2) is 4.14. The molecule has 0 saturated heterocycles. The van der Waals surface area contributed by atoms with Crippen molar-refractivity contribution >= 4 is 17.4 Å². The van der Waals surface area contributed by atoms with E-state index >= 15 is 0 Å². The predicted octanol–water partition coefficient (Wildman–Crippen LogP) is 1.70. The number of carbonyl (C=O) groups excluding carboxylic acids is 1. The molecule has 0 aliphatic carbocycles. The molecule has 92 valence electrons. The fourth-order valence-electron chi connectivity index (χ4n) is 1.86. The average Bonchev–Trinajstić information content (AvgIpc) is 2.92. The molecule has 6 heteroatoms. The summed E-state index contributed by atoms with van der Waals surface area (Å²) in [5, 5.41) is 9.95. The number of hydrogen-bond donors (Lipinski definition) is 2. The van der Waals surface area contributed by atoms with Crippen molar-refractivity contribution in [2.24, 2.45) is 0 Å². The van der Waals surface area contributed by atoms with Gasteiger partial charge in [0.15, 0.2) is 5.69 Å². The van der Waals surface area contributed by atoms with Gasteiger partial charge in [0.25, 0.3) is 5.91 Å². The molecule has 0 unspecified atom stereocenters. The van der Waals surface area contributed by atoms with E-state index in [9.17, 15) is 9.18 Å². The van der Waals surface area contributed by atoms with Crippen molar-refractivity contribution < 1.29 is 9.18 Å². The number of carbonyl (C=O) groups is 1. The molecule has 1 aromatic carbocycles. The van der Waals surface area contributed by atoms with Crippen molar-refractivity contribution in [1.29, 1.82) is 0 Å². The van der Waals surface area contributed by atoms with Crippen LogP contribution in [0.25, 0.3) is 0 Å². The lowest BCUT2D eigenvalue weighted by Crippen LogP contribution is -2.13. The van der Waals surface area contributed by atoms with E-state index in [1.165, 1.54) is 24.3 Å². The first-order valence-electron chi connectivity index (χ1n) is 5.61. The molecular weight excluding hydrogens is 235 g/mol. The van der Waals surface area contributed by atoms with Crippen LogP contribution in [-0.2, 0) is 6.54 Å². The fourth-order valence-corrected chi connectivity index (χ4v) is 1.86. The molecule has 18 heavy (non-hydrogen) atoms. The van der Waals surface area contributed by atoms with Gasteiger partial charge in [0.05, 0.1) is 6.54 Å². The number of nitrogens with zero attached hydrogens (tertiary/aromatic N) is 2. The Morgan fingerprint density at radius 1 is 1.39 bits per heavy atom. The summed E-state index contributed by atoms with van der Waals surface area (Å²) in [5.74, 6) is 0.211. The summed E-state index contributed by atoms with van der Waals surface area (Å²) < 4.78 is 14.5. The number of benzene rings is 1. The van der Waals surface area contributed by atoms with Crippen LogP contribution in [0, 0.1) is 5.82 Å². The Morgan fingerprint density at radius 3 is 2.89 bits per heavy atom. The van der Waals surface area contributed by atoms with Gasteiger partial charge in [-0.15, -0.1) is 0 Å². The van der Waals surface area contributed by atoms with Crippen molar-refractivity contribution in [2.45, 2.75) is 6.54 Å². The zero-order valence-corrected chi connectivity index (χ0v) is 9.48. The van der Waals surface area contributed by atoms with Gasteiger partial charge in [-0.1, -0.05) is 0 Å². The number of rotatable bonds is 2. The Bertz CT molecular complexity index is 569. The Labute approximate surface area is 103 Å². The van der Waals surface area contributed by atoms with Gasteiger partial charge in [-0.2, -0.15) is 5.10 Å². The van der Waals surface area contributed by atoms with Gasteiger partial charge < -0.3 is 10.6 Å². The molecule has 1 amide bonds. The summed E-state index contributed by atoms with van der Waals surface area (Å²) in [6.07, 6.45) is 0. The van der Waals surface area contributed by atoms with E-state index in [-0.39, 0.29) is 11.7 Å². The molecule has 5 nitrogen and oxygen atoms in total. The topological polar surface area (TPSA) is 59.0 Å². The van der Waals surface area contributed by atoms with Crippen LogP contribution in [0.4, 0.5) is 15.9 Å². The van der Waals surface area contributed by atoms with Gasteiger partial charge in [0.1, 0.15) is 11.6 Å². The summed E-state index contributed by atoms with van der Waals surface area (Å²) >= 11 is 0. The van der Waals surface area contributed by atoms with Crippen LogP contribution in [-0.4, -0.2) is 22.2 Å². The smallest absolute Gasteiger partial charge is 0.276 e. The van der Waals surface area contributed by atoms with E-state index in [4.69, 9.17) is 0 Å². The number of aromatic nitrogens is 2. The minimum absolute atomic E-state index is 0.301. The van der Waals surface area contributed by atoms with Crippen LogP contribution < -0.4 is 10.6 Å². The average molecular weight is 246 g/mol. The highest BCUT2D eigenvalue weighted by molar-refractivity contribution is 6.03. The van der Waals surface area contributed by atoms with Crippen molar-refractivity contribution in [3.8, 4) is 0 Å². The summed E-state index contributed by atoms with van der Waals surface area (Å²) in [6.45, 7) is 1.60. The minimum Gasteiger partial charge on any atom is -0.368 e. The number of hydrogen-bond acceptors (Lipinski definition) is 3. The minimum atomic E-state index is -0.335. The lowest BCUT2D eigenvalue weighted by atomic mass is 10.3. The van der Waals surface area contributed by atoms with E-state index in [0.29, 0.717) is 11.4 Å². The van der Waals surface area contributed by atoms with Gasteiger partial charge in [0.2, 0.25) is 0 Å². The van der Waals surface area contributed by atoms with Crippen molar-refractivity contribution in [3.63, 3.8) is 0 Å². The van der Waals surface area contributed by atoms with Crippen molar-refractivity contribution in [1.82, 2.24) is 9.78 Å². The van der Waals surface area contributed by atoms with Gasteiger partial charge >= 0.3 is 0 Å². The van der Waals surface area contributed by atoms with E-state index in [0.717, 1.165) is 18.9 Å². The van der Waals surface area contributed by atoms with Gasteiger partial charge in [0, 0.05) is 18.3 Å². The van der Waals surface area contributed by atoms with E-state index in [2.05, 4.69) is 15.7 Å². The third-order valence-electron chi connectivity index (χ3n) is 2.74. The molecule has 1 aliphatic heterocycles. The van der Waals surface area contributed by atoms with Crippen LogP contribution in [0.3, 0.4) is 0 Å². The number of halogens is 1. The molecule has 0 bridgehead atoms. The second-order valence-electron chi connectivity index (χ2n) is 4.03. The third kappa shape index (κ3) is 1.92. The number of anilines is 2. The van der Waals surface area contributed by atoms with Crippen LogP contribution in [0.1, 0.15) is 10.5 Å². The molecule has 2 N–H and O–H groups in total. The highest BCUT2D eigenvalue weighted by Gasteiger charge is 2.17. The molecule has 2 heterocycles. The van der Waals surface area contributed by atoms with Gasteiger partial charge in [-0.05, 0) is 24.3 Å². The molecule has 1 aromatic heterocycles. The SMILES string of the molecule is O=C(Nc1ccc(F)cc1)c1cc2n(n1)CCN2. The van der Waals surface area contributed by atoms with E-state index in [1.807, 2.05) is 0 Å². The first kappa shape index (κ1) is 10.8. The number of fused-ring (bicyclic) bond motifs is 1. The van der Waals surface area contributed by atoms with Crippen LogP contribution in [0.5, 0.6) is 0 Å². The standard InChI is InChI=1S/C12H11FN4O/c13-8-1-3-9(4-2-8)15-12(18)10-7-11-14-5-6-17(11)16-10/h1-4,7,14H,5-6H2,(H,15,18). The molecule has 1 aliphatic rings. The molecule has 2 aromatic rings. The first-order valence-corrected chi connectivity index (χ1v) is 5.61. The Kier molecular flexibility index (Phi) is 2.47. The quantitative estimate of drug-likeness (QED) is 0.848. The predicted molar refractivity (Wildman–Crippen MR) is 65.1 cm³/mol. The monoisotopic (exact) mass is 246 g/mol. The maximum atomic E-state index is 12.7. The zero-order chi connectivity index (χ0) is 12.5. The van der Waals surface area contributed by atoms with Gasteiger partial charge in [-0.25, -0.2) is 9.07 Å². The summed E-state index contributed by atoms with van der Waals surface area (Å²) in [5.41, 5.74) is 0.893. The fraction of sp³-hybridized carbons (Fsp3) is 0.167. The summed E-state index contributed by atoms with van der Waals surface area (Å²) in [7, 11) is 0. The highest BCUT2D eigenvalue weighted by atomic mass is 19.1. The maximum Gasteiger partial charge on any atom is 0.276 e.